The summed E-state index contributed by atoms with van der Waals surface area (Å²) in [5.41, 5.74) is 0.363. The summed E-state index contributed by atoms with van der Waals surface area (Å²) in [6.45, 7) is 5.70. The van der Waals surface area contributed by atoms with Crippen molar-refractivity contribution in [3.8, 4) is 0 Å². The highest BCUT2D eigenvalue weighted by atomic mass is 16.5. The zero-order valence-electron chi connectivity index (χ0n) is 10.9. The van der Waals surface area contributed by atoms with Crippen molar-refractivity contribution in [3.63, 3.8) is 0 Å². The normalized spacial score (nSPS) is 25.5. The van der Waals surface area contributed by atoms with Crippen molar-refractivity contribution in [2.24, 2.45) is 0 Å². The minimum Gasteiger partial charge on any atom is -0.500 e. The Hall–Kier alpha value is -1.58. The maximum absolute atomic E-state index is 11.9. The molecule has 1 heterocycles. The summed E-state index contributed by atoms with van der Waals surface area (Å²) in [7, 11) is 0. The predicted octanol–water partition coefficient (Wildman–Crippen LogP) is 2.11. The molecule has 0 saturated carbocycles. The molecule has 1 rings (SSSR count). The Morgan fingerprint density at radius 1 is 1.44 bits per heavy atom. The van der Waals surface area contributed by atoms with Gasteiger partial charge >= 0.3 is 0 Å². The van der Waals surface area contributed by atoms with Gasteiger partial charge in [-0.3, -0.25) is 9.59 Å². The van der Waals surface area contributed by atoms with Gasteiger partial charge in [0.1, 0.15) is 0 Å². The Balaban J connectivity index is 2.76. The number of ether oxygens (including phenoxy) is 1. The summed E-state index contributed by atoms with van der Waals surface area (Å²) in [5.74, 6) is -0.310. The zero-order valence-corrected chi connectivity index (χ0v) is 10.9. The van der Waals surface area contributed by atoms with Crippen LogP contribution in [0.25, 0.3) is 0 Å². The van der Waals surface area contributed by atoms with Crippen LogP contribution in [0.1, 0.15) is 39.0 Å². The summed E-state index contributed by atoms with van der Waals surface area (Å²) in [5, 5.41) is 2.73. The van der Waals surface area contributed by atoms with Gasteiger partial charge in [-0.15, -0.1) is 0 Å². The highest BCUT2D eigenvalue weighted by Crippen LogP contribution is 2.10. The first-order chi connectivity index (χ1) is 8.65. The van der Waals surface area contributed by atoms with E-state index in [1.807, 2.05) is 0 Å². The van der Waals surface area contributed by atoms with Crippen molar-refractivity contribution in [1.29, 1.82) is 0 Å². The van der Waals surface area contributed by atoms with Gasteiger partial charge in [-0.05, 0) is 19.8 Å². The zero-order chi connectivity index (χ0) is 13.4. The van der Waals surface area contributed by atoms with E-state index >= 15 is 0 Å². The molecule has 1 aliphatic heterocycles. The molecule has 4 heteroatoms. The molecule has 1 aliphatic rings. The van der Waals surface area contributed by atoms with E-state index in [0.717, 1.165) is 25.7 Å². The third-order valence-corrected chi connectivity index (χ3v) is 2.99. The molecule has 0 spiro atoms. The summed E-state index contributed by atoms with van der Waals surface area (Å²) in [4.78, 5) is 23.4. The lowest BCUT2D eigenvalue weighted by Crippen LogP contribution is -2.40. The molecule has 1 N–H and O–H groups in total. The van der Waals surface area contributed by atoms with Crippen molar-refractivity contribution >= 4 is 11.7 Å². The van der Waals surface area contributed by atoms with Gasteiger partial charge in [-0.25, -0.2) is 0 Å². The third-order valence-electron chi connectivity index (χ3n) is 2.99. The molecule has 0 aromatic carbocycles. The predicted molar refractivity (Wildman–Crippen MR) is 69.9 cm³/mol. The van der Waals surface area contributed by atoms with E-state index in [4.69, 9.17) is 4.74 Å². The standard InChI is InChI=1S/C14H21NO3/c1-3-12-10-18-9-7-5-4-6-8-13(11(2)16)15-14(12)17/h3,10,13H,1,4-9H2,2H3,(H,15,17)/b12-10-. The maximum Gasteiger partial charge on any atom is 0.254 e. The van der Waals surface area contributed by atoms with Crippen LogP contribution in [0.4, 0.5) is 0 Å². The average Bonchev–Trinajstić information content (AvgIpc) is 2.33. The van der Waals surface area contributed by atoms with Gasteiger partial charge < -0.3 is 10.1 Å². The van der Waals surface area contributed by atoms with Crippen molar-refractivity contribution in [3.05, 3.63) is 24.5 Å². The van der Waals surface area contributed by atoms with E-state index in [1.54, 1.807) is 0 Å². The number of hydrogen-bond acceptors (Lipinski definition) is 3. The molecule has 1 unspecified atom stereocenters. The first-order valence-electron chi connectivity index (χ1n) is 6.40. The summed E-state index contributed by atoms with van der Waals surface area (Å²) in [6.07, 6.45) is 7.60. The molecule has 1 atom stereocenters. The minimum absolute atomic E-state index is 0.00950. The number of Topliss-reactive ketones (excluding diaryl/α,β-unsaturated/α-hetero) is 1. The van der Waals surface area contributed by atoms with Crippen LogP contribution in [0.3, 0.4) is 0 Å². The number of nitrogens with one attached hydrogen (secondary N) is 1. The molecule has 100 valence electrons. The van der Waals surface area contributed by atoms with E-state index in [-0.39, 0.29) is 11.7 Å². The second-order valence-electron chi connectivity index (χ2n) is 4.49. The van der Waals surface area contributed by atoms with Crippen molar-refractivity contribution in [2.75, 3.05) is 6.61 Å². The van der Waals surface area contributed by atoms with Crippen LogP contribution in [-0.4, -0.2) is 24.3 Å². The number of hydrogen-bond donors (Lipinski definition) is 1. The fraction of sp³-hybridized carbons (Fsp3) is 0.571. The first kappa shape index (κ1) is 14.5. The van der Waals surface area contributed by atoms with Crippen LogP contribution in [0, 0.1) is 0 Å². The van der Waals surface area contributed by atoms with Crippen LogP contribution < -0.4 is 5.32 Å². The lowest BCUT2D eigenvalue weighted by molar-refractivity contribution is -0.124. The quantitative estimate of drug-likeness (QED) is 0.817. The van der Waals surface area contributed by atoms with Gasteiger partial charge in [-0.2, -0.15) is 0 Å². The summed E-state index contributed by atoms with van der Waals surface area (Å²) >= 11 is 0. The molecule has 4 nitrogen and oxygen atoms in total. The largest absolute Gasteiger partial charge is 0.500 e. The monoisotopic (exact) mass is 251 g/mol. The fourth-order valence-electron chi connectivity index (χ4n) is 1.85. The average molecular weight is 251 g/mol. The van der Waals surface area contributed by atoms with E-state index in [9.17, 15) is 9.59 Å². The topological polar surface area (TPSA) is 55.4 Å². The second-order valence-corrected chi connectivity index (χ2v) is 4.49. The van der Waals surface area contributed by atoms with Crippen LogP contribution in [0.5, 0.6) is 0 Å². The van der Waals surface area contributed by atoms with Crippen LogP contribution in [0.2, 0.25) is 0 Å². The molecular formula is C14H21NO3. The Morgan fingerprint density at radius 2 is 2.17 bits per heavy atom. The maximum atomic E-state index is 11.9. The lowest BCUT2D eigenvalue weighted by Gasteiger charge is -2.17. The first-order valence-corrected chi connectivity index (χ1v) is 6.40. The number of rotatable bonds is 2. The molecule has 0 aromatic heterocycles. The molecule has 0 aliphatic carbocycles. The summed E-state index contributed by atoms with van der Waals surface area (Å²) in [6, 6.07) is -0.403. The highest BCUT2D eigenvalue weighted by molar-refractivity contribution is 5.98. The Labute approximate surface area is 108 Å². The molecule has 0 aromatic rings. The molecular weight excluding hydrogens is 230 g/mol. The van der Waals surface area contributed by atoms with Crippen LogP contribution in [0.15, 0.2) is 24.5 Å². The van der Waals surface area contributed by atoms with E-state index in [1.165, 1.54) is 19.3 Å². The number of carbonyl (C=O) groups is 2. The highest BCUT2D eigenvalue weighted by Gasteiger charge is 2.18. The second kappa shape index (κ2) is 7.69. The van der Waals surface area contributed by atoms with Gasteiger partial charge in [0.05, 0.1) is 24.5 Å². The molecule has 1 amide bonds. The van der Waals surface area contributed by atoms with Gasteiger partial charge in [0.2, 0.25) is 0 Å². The number of amides is 1. The molecule has 18 heavy (non-hydrogen) atoms. The molecule has 0 saturated heterocycles. The third kappa shape index (κ3) is 4.73. The van der Waals surface area contributed by atoms with Crippen LogP contribution >= 0.6 is 0 Å². The van der Waals surface area contributed by atoms with E-state index in [0.29, 0.717) is 18.6 Å². The van der Waals surface area contributed by atoms with Gasteiger partial charge in [0, 0.05) is 0 Å². The molecule has 0 bridgehead atoms. The smallest absolute Gasteiger partial charge is 0.254 e. The van der Waals surface area contributed by atoms with Crippen molar-refractivity contribution < 1.29 is 14.3 Å². The SMILES string of the molecule is C=C/C1=C/OCCCCCCC(C(C)=O)NC1=O. The molecule has 0 fully saturated rings. The number of ketones is 1. The molecule has 0 radical (unpaired) electrons. The van der Waals surface area contributed by atoms with Crippen molar-refractivity contribution in [1.82, 2.24) is 5.32 Å². The number of carbonyl (C=O) groups excluding carboxylic acids is 2. The van der Waals surface area contributed by atoms with Gasteiger partial charge in [0.15, 0.2) is 5.78 Å². The fourth-order valence-corrected chi connectivity index (χ4v) is 1.85. The van der Waals surface area contributed by atoms with Crippen LogP contribution in [-0.2, 0) is 14.3 Å². The summed E-state index contributed by atoms with van der Waals surface area (Å²) < 4.78 is 5.30. The van der Waals surface area contributed by atoms with E-state index in [2.05, 4.69) is 11.9 Å². The lowest BCUT2D eigenvalue weighted by atomic mass is 10.0. The Kier molecular flexibility index (Phi) is 6.19. The minimum atomic E-state index is -0.403. The van der Waals surface area contributed by atoms with Gasteiger partial charge in [0.25, 0.3) is 5.91 Å². The van der Waals surface area contributed by atoms with Crippen molar-refractivity contribution in [2.45, 2.75) is 45.1 Å². The van der Waals surface area contributed by atoms with E-state index < -0.39 is 6.04 Å². The Morgan fingerprint density at radius 3 is 2.83 bits per heavy atom. The Bertz CT molecular complexity index is 347. The van der Waals surface area contributed by atoms with Gasteiger partial charge in [-0.1, -0.05) is 31.9 Å².